The van der Waals surface area contributed by atoms with Gasteiger partial charge in [-0.3, -0.25) is 9.59 Å². The van der Waals surface area contributed by atoms with Crippen LogP contribution in [-0.2, 0) is 9.59 Å². The van der Waals surface area contributed by atoms with Crippen LogP contribution < -0.4 is 4.74 Å². The number of carbonyl (C=O) groups excluding carboxylic acids is 2. The molecule has 1 aliphatic heterocycles. The molecule has 1 aliphatic rings. The number of carboxylic acid groups (broad SMARTS) is 1. The number of ether oxygens (including phenoxy) is 1. The van der Waals surface area contributed by atoms with Crippen LogP contribution >= 0.6 is 11.8 Å². The fourth-order valence-electron chi connectivity index (χ4n) is 2.37. The molecule has 0 saturated carbocycles. The van der Waals surface area contributed by atoms with E-state index in [2.05, 4.69) is 0 Å². The highest BCUT2D eigenvalue weighted by Crippen LogP contribution is 2.26. The summed E-state index contributed by atoms with van der Waals surface area (Å²) in [6.07, 6.45) is 0. The number of hydrogen-bond donors (Lipinski definition) is 1. The van der Waals surface area contributed by atoms with Gasteiger partial charge in [-0.05, 0) is 32.0 Å². The molecule has 7 nitrogen and oxygen atoms in total. The highest BCUT2D eigenvalue weighted by molar-refractivity contribution is 7.99. The predicted molar refractivity (Wildman–Crippen MR) is 94.8 cm³/mol. The smallest absolute Gasteiger partial charge is 0.341 e. The number of likely N-dealkylation sites (N-methyl/N-ethyl adjacent to an activating group) is 1. The number of hydrogen-bond acceptors (Lipinski definition) is 5. The summed E-state index contributed by atoms with van der Waals surface area (Å²) in [6, 6.07) is 5.92. The number of benzene rings is 1. The molecule has 0 aromatic heterocycles. The normalized spacial score (nSPS) is 16.8. The van der Waals surface area contributed by atoms with E-state index in [0.29, 0.717) is 22.9 Å². The third kappa shape index (κ3) is 4.66. The Hall–Kier alpha value is -2.22. The summed E-state index contributed by atoms with van der Waals surface area (Å²) in [4.78, 5) is 39.2. The second-order valence-corrected chi connectivity index (χ2v) is 7.04. The topological polar surface area (TPSA) is 87.2 Å². The third-order valence-corrected chi connectivity index (χ3v) is 5.01. The summed E-state index contributed by atoms with van der Waals surface area (Å²) >= 11 is 1.54. The van der Waals surface area contributed by atoms with E-state index >= 15 is 0 Å². The van der Waals surface area contributed by atoms with Crippen LogP contribution in [0.15, 0.2) is 24.3 Å². The molecule has 2 rings (SSSR count). The standard InChI is InChI=1S/C17H22N2O5S/c1-11(2)18(3)17(23)14-9-25-10-19(14)16(22)12-5-4-6-13(7-12)24-8-15(20)21/h4-7,11,14H,8-10H2,1-3H3,(H,20,21). The largest absolute Gasteiger partial charge is 0.482 e. The van der Waals surface area contributed by atoms with Gasteiger partial charge in [-0.2, -0.15) is 0 Å². The lowest BCUT2D eigenvalue weighted by Gasteiger charge is -2.29. The summed E-state index contributed by atoms with van der Waals surface area (Å²) in [5, 5.41) is 8.67. The zero-order chi connectivity index (χ0) is 18.6. The zero-order valence-electron chi connectivity index (χ0n) is 14.5. The Morgan fingerprint density at radius 3 is 2.76 bits per heavy atom. The lowest BCUT2D eigenvalue weighted by atomic mass is 10.1. The quantitative estimate of drug-likeness (QED) is 0.822. The third-order valence-electron chi connectivity index (χ3n) is 3.99. The Labute approximate surface area is 150 Å². The first-order valence-electron chi connectivity index (χ1n) is 7.91. The molecule has 1 aromatic rings. The van der Waals surface area contributed by atoms with Crippen molar-refractivity contribution in [1.82, 2.24) is 9.80 Å². The maximum Gasteiger partial charge on any atom is 0.341 e. The van der Waals surface area contributed by atoms with Gasteiger partial charge in [-0.25, -0.2) is 4.79 Å². The maximum absolute atomic E-state index is 12.8. The molecule has 1 heterocycles. The molecule has 1 unspecified atom stereocenters. The molecule has 1 aromatic carbocycles. The van der Waals surface area contributed by atoms with Crippen molar-refractivity contribution in [3.05, 3.63) is 29.8 Å². The average Bonchev–Trinajstić information content (AvgIpc) is 3.07. The Morgan fingerprint density at radius 2 is 2.12 bits per heavy atom. The van der Waals surface area contributed by atoms with Gasteiger partial charge in [-0.1, -0.05) is 6.07 Å². The zero-order valence-corrected chi connectivity index (χ0v) is 15.3. The lowest BCUT2D eigenvalue weighted by molar-refractivity contribution is -0.139. The van der Waals surface area contributed by atoms with E-state index in [4.69, 9.17) is 9.84 Å². The molecule has 0 radical (unpaired) electrons. The van der Waals surface area contributed by atoms with Gasteiger partial charge >= 0.3 is 5.97 Å². The first-order valence-corrected chi connectivity index (χ1v) is 9.06. The summed E-state index contributed by atoms with van der Waals surface area (Å²) in [6.45, 7) is 3.38. The van der Waals surface area contributed by atoms with E-state index in [0.717, 1.165) is 0 Å². The molecule has 1 saturated heterocycles. The van der Waals surface area contributed by atoms with Crippen molar-refractivity contribution in [3.63, 3.8) is 0 Å². The van der Waals surface area contributed by atoms with Crippen LogP contribution in [0.25, 0.3) is 0 Å². The number of amides is 2. The predicted octanol–water partition coefficient (Wildman–Crippen LogP) is 1.53. The summed E-state index contributed by atoms with van der Waals surface area (Å²) < 4.78 is 5.11. The molecular formula is C17H22N2O5S. The Bertz CT molecular complexity index is 664. The van der Waals surface area contributed by atoms with E-state index in [1.807, 2.05) is 13.8 Å². The lowest BCUT2D eigenvalue weighted by Crippen LogP contribution is -2.49. The second-order valence-electron chi connectivity index (χ2n) is 6.04. The van der Waals surface area contributed by atoms with Crippen molar-refractivity contribution in [3.8, 4) is 5.75 Å². The van der Waals surface area contributed by atoms with E-state index in [1.54, 1.807) is 35.0 Å². The van der Waals surface area contributed by atoms with Gasteiger partial charge in [0.2, 0.25) is 5.91 Å². The molecule has 0 bridgehead atoms. The molecule has 8 heteroatoms. The summed E-state index contributed by atoms with van der Waals surface area (Å²) in [5.74, 6) is -0.108. The van der Waals surface area contributed by atoms with Crippen LogP contribution in [-0.4, -0.2) is 70.1 Å². The molecule has 1 fully saturated rings. The van der Waals surface area contributed by atoms with Crippen molar-refractivity contribution >= 4 is 29.5 Å². The average molecular weight is 366 g/mol. The number of nitrogens with zero attached hydrogens (tertiary/aromatic N) is 2. The molecule has 136 valence electrons. The van der Waals surface area contributed by atoms with Gasteiger partial charge in [0.15, 0.2) is 6.61 Å². The van der Waals surface area contributed by atoms with Gasteiger partial charge in [-0.15, -0.1) is 11.8 Å². The molecule has 0 aliphatic carbocycles. The number of rotatable bonds is 6. The SMILES string of the molecule is CC(C)N(C)C(=O)C1CSCN1C(=O)c1cccc(OCC(=O)O)c1. The van der Waals surface area contributed by atoms with E-state index in [9.17, 15) is 14.4 Å². The van der Waals surface area contributed by atoms with Crippen LogP contribution in [0.1, 0.15) is 24.2 Å². The van der Waals surface area contributed by atoms with Crippen molar-refractivity contribution in [2.75, 3.05) is 25.3 Å². The number of thioether (sulfide) groups is 1. The monoisotopic (exact) mass is 366 g/mol. The Balaban J connectivity index is 2.14. The van der Waals surface area contributed by atoms with Gasteiger partial charge in [0, 0.05) is 24.4 Å². The molecule has 2 amide bonds. The van der Waals surface area contributed by atoms with Crippen molar-refractivity contribution in [2.24, 2.45) is 0 Å². The minimum atomic E-state index is -1.09. The minimum absolute atomic E-state index is 0.0581. The van der Waals surface area contributed by atoms with Gasteiger partial charge in [0.1, 0.15) is 11.8 Å². The number of aliphatic carboxylic acids is 1. The minimum Gasteiger partial charge on any atom is -0.482 e. The number of carboxylic acids is 1. The van der Waals surface area contributed by atoms with E-state index in [-0.39, 0.29) is 17.9 Å². The second kappa shape index (κ2) is 8.24. The molecule has 0 spiro atoms. The van der Waals surface area contributed by atoms with Crippen LogP contribution in [0.3, 0.4) is 0 Å². The molecule has 25 heavy (non-hydrogen) atoms. The van der Waals surface area contributed by atoms with E-state index < -0.39 is 18.6 Å². The fourth-order valence-corrected chi connectivity index (χ4v) is 3.51. The van der Waals surface area contributed by atoms with Crippen LogP contribution in [0.2, 0.25) is 0 Å². The molecule has 1 atom stereocenters. The van der Waals surface area contributed by atoms with Gasteiger partial charge < -0.3 is 19.6 Å². The van der Waals surface area contributed by atoms with Crippen LogP contribution in [0, 0.1) is 0 Å². The first kappa shape index (κ1) is 19.1. The van der Waals surface area contributed by atoms with Gasteiger partial charge in [0.05, 0.1) is 5.88 Å². The molecule has 1 N–H and O–H groups in total. The number of carbonyl (C=O) groups is 3. The Kier molecular flexibility index (Phi) is 6.30. The van der Waals surface area contributed by atoms with Gasteiger partial charge in [0.25, 0.3) is 5.91 Å². The van der Waals surface area contributed by atoms with E-state index in [1.165, 1.54) is 17.8 Å². The van der Waals surface area contributed by atoms with Crippen molar-refractivity contribution < 1.29 is 24.2 Å². The maximum atomic E-state index is 12.8. The van der Waals surface area contributed by atoms with Crippen LogP contribution in [0.4, 0.5) is 0 Å². The molecular weight excluding hydrogens is 344 g/mol. The Morgan fingerprint density at radius 1 is 1.40 bits per heavy atom. The van der Waals surface area contributed by atoms with Crippen molar-refractivity contribution in [1.29, 1.82) is 0 Å². The fraction of sp³-hybridized carbons (Fsp3) is 0.471. The van der Waals surface area contributed by atoms with Crippen LogP contribution in [0.5, 0.6) is 5.75 Å². The first-order chi connectivity index (χ1) is 11.8. The highest BCUT2D eigenvalue weighted by Gasteiger charge is 2.37. The van der Waals surface area contributed by atoms with Crippen molar-refractivity contribution in [2.45, 2.75) is 25.9 Å². The highest BCUT2D eigenvalue weighted by atomic mass is 32.2. The summed E-state index contributed by atoms with van der Waals surface area (Å²) in [5.41, 5.74) is 0.371. The summed E-state index contributed by atoms with van der Waals surface area (Å²) in [7, 11) is 1.74.